The van der Waals surface area contributed by atoms with E-state index in [0.717, 1.165) is 0 Å². The molecule has 1 saturated heterocycles. The minimum atomic E-state index is -1.29. The lowest BCUT2D eigenvalue weighted by Gasteiger charge is -2.44. The Hall–Kier alpha value is -2.22. The van der Waals surface area contributed by atoms with Crippen molar-refractivity contribution in [3.8, 4) is 0 Å². The number of benzene rings is 2. The molecule has 7 nitrogen and oxygen atoms in total. The van der Waals surface area contributed by atoms with Crippen molar-refractivity contribution in [3.63, 3.8) is 0 Å². The van der Waals surface area contributed by atoms with Gasteiger partial charge in [0.25, 0.3) is 0 Å². The van der Waals surface area contributed by atoms with Gasteiger partial charge in [-0.15, -0.1) is 0 Å². The van der Waals surface area contributed by atoms with Crippen LogP contribution in [0.5, 0.6) is 0 Å². The van der Waals surface area contributed by atoms with Crippen LogP contribution in [0.15, 0.2) is 48.5 Å². The third kappa shape index (κ3) is 3.45. The summed E-state index contributed by atoms with van der Waals surface area (Å²) in [6.45, 7) is 3.12. The largest absolute Gasteiger partial charge is 0.291 e. The third-order valence-corrected chi connectivity index (χ3v) is 6.14. The maximum Gasteiger partial charge on any atom is 0.244 e. The molecule has 0 aromatic heterocycles. The van der Waals surface area contributed by atoms with E-state index in [0.29, 0.717) is 21.2 Å². The standard InChI is InChI=1S/C19H19Cl2N3O4/c1-19(2)17(23(25)26)15(11-7-3-5-9-13(11)20)22-16(18(19)24(27)28)12-8-4-6-10-14(12)21/h3-10,15-18,22H,1-2H3/t15-,16+,17+,18-. The second-order valence-electron chi connectivity index (χ2n) is 7.45. The van der Waals surface area contributed by atoms with Crippen LogP contribution in [0, 0.1) is 25.6 Å². The van der Waals surface area contributed by atoms with Crippen LogP contribution in [-0.2, 0) is 0 Å². The van der Waals surface area contributed by atoms with Crippen LogP contribution in [0.1, 0.15) is 37.1 Å². The van der Waals surface area contributed by atoms with Gasteiger partial charge in [-0.2, -0.15) is 0 Å². The molecule has 1 N–H and O–H groups in total. The molecule has 0 radical (unpaired) electrons. The molecule has 1 aliphatic rings. The van der Waals surface area contributed by atoms with Crippen molar-refractivity contribution in [3.05, 3.63) is 89.9 Å². The second-order valence-corrected chi connectivity index (χ2v) is 8.26. The molecule has 4 atom stereocenters. The molecule has 3 rings (SSSR count). The first-order valence-electron chi connectivity index (χ1n) is 8.68. The van der Waals surface area contributed by atoms with E-state index in [4.69, 9.17) is 23.2 Å². The average Bonchev–Trinajstić information content (AvgIpc) is 2.60. The maximum atomic E-state index is 12.0. The molecule has 2 aromatic carbocycles. The molecular weight excluding hydrogens is 405 g/mol. The van der Waals surface area contributed by atoms with Crippen LogP contribution in [-0.4, -0.2) is 21.9 Å². The molecule has 148 valence electrons. The monoisotopic (exact) mass is 423 g/mol. The van der Waals surface area contributed by atoms with E-state index in [1.54, 1.807) is 62.4 Å². The molecule has 0 saturated carbocycles. The number of nitrogens with one attached hydrogen (secondary N) is 1. The molecule has 0 unspecified atom stereocenters. The number of nitro groups is 2. The number of hydrogen-bond donors (Lipinski definition) is 1. The van der Waals surface area contributed by atoms with Gasteiger partial charge in [-0.3, -0.25) is 25.5 Å². The lowest BCUT2D eigenvalue weighted by molar-refractivity contribution is -0.605. The normalized spacial score (nSPS) is 26.6. The number of nitrogens with zero attached hydrogens (tertiary/aromatic N) is 2. The summed E-state index contributed by atoms with van der Waals surface area (Å²) in [7, 11) is 0. The van der Waals surface area contributed by atoms with E-state index < -0.39 is 39.4 Å². The molecule has 9 heteroatoms. The van der Waals surface area contributed by atoms with Crippen LogP contribution in [0.4, 0.5) is 0 Å². The number of halogens is 2. The average molecular weight is 424 g/mol. The first-order chi connectivity index (χ1) is 13.2. The highest BCUT2D eigenvalue weighted by Crippen LogP contribution is 2.48. The van der Waals surface area contributed by atoms with Crippen LogP contribution in [0.3, 0.4) is 0 Å². The van der Waals surface area contributed by atoms with Gasteiger partial charge in [0.2, 0.25) is 12.1 Å². The fourth-order valence-electron chi connectivity index (χ4n) is 4.17. The lowest BCUT2D eigenvalue weighted by Crippen LogP contribution is -2.63. The topological polar surface area (TPSA) is 98.3 Å². The molecule has 1 heterocycles. The molecule has 2 aromatic rings. The molecule has 0 bridgehead atoms. The van der Waals surface area contributed by atoms with Gasteiger partial charge in [0.15, 0.2) is 0 Å². The third-order valence-electron chi connectivity index (χ3n) is 5.45. The Kier molecular flexibility index (Phi) is 5.61. The van der Waals surface area contributed by atoms with Crippen molar-refractivity contribution in [2.45, 2.75) is 38.0 Å². The van der Waals surface area contributed by atoms with E-state index in [1.165, 1.54) is 0 Å². The predicted octanol–water partition coefficient (Wildman–Crippen LogP) is 4.70. The maximum absolute atomic E-state index is 12.0. The zero-order chi connectivity index (χ0) is 20.6. The zero-order valence-electron chi connectivity index (χ0n) is 15.2. The summed E-state index contributed by atoms with van der Waals surface area (Å²) in [4.78, 5) is 23.1. The Labute approximate surface area is 171 Å². The van der Waals surface area contributed by atoms with Crippen LogP contribution in [0.2, 0.25) is 10.0 Å². The van der Waals surface area contributed by atoms with Crippen LogP contribution in [0.25, 0.3) is 0 Å². The van der Waals surface area contributed by atoms with Crippen molar-refractivity contribution >= 4 is 23.2 Å². The van der Waals surface area contributed by atoms with Gasteiger partial charge in [0.1, 0.15) is 17.5 Å². The van der Waals surface area contributed by atoms with Gasteiger partial charge in [-0.05, 0) is 37.1 Å². The van der Waals surface area contributed by atoms with E-state index in [1.807, 2.05) is 0 Å². The van der Waals surface area contributed by atoms with E-state index in [2.05, 4.69) is 5.32 Å². The molecule has 0 amide bonds. The van der Waals surface area contributed by atoms with Crippen molar-refractivity contribution in [2.24, 2.45) is 5.41 Å². The summed E-state index contributed by atoms with van der Waals surface area (Å²) in [6, 6.07) is 9.44. The molecule has 1 fully saturated rings. The van der Waals surface area contributed by atoms with Gasteiger partial charge in [0.05, 0.1) is 0 Å². The van der Waals surface area contributed by atoms with E-state index >= 15 is 0 Å². The Morgan fingerprint density at radius 1 is 0.821 bits per heavy atom. The molecule has 0 aliphatic carbocycles. The molecule has 28 heavy (non-hydrogen) atoms. The highest BCUT2D eigenvalue weighted by Gasteiger charge is 2.63. The Morgan fingerprint density at radius 3 is 1.50 bits per heavy atom. The minimum absolute atomic E-state index is 0.361. The van der Waals surface area contributed by atoms with E-state index in [-0.39, 0.29) is 0 Å². The van der Waals surface area contributed by atoms with Gasteiger partial charge < -0.3 is 0 Å². The van der Waals surface area contributed by atoms with Gasteiger partial charge in [0, 0.05) is 19.9 Å². The lowest BCUT2D eigenvalue weighted by atomic mass is 9.66. The van der Waals surface area contributed by atoms with Gasteiger partial charge >= 0.3 is 0 Å². The van der Waals surface area contributed by atoms with Crippen molar-refractivity contribution in [2.75, 3.05) is 0 Å². The van der Waals surface area contributed by atoms with Gasteiger partial charge in [-0.25, -0.2) is 0 Å². The first kappa shape index (κ1) is 20.5. The number of piperidine rings is 1. The zero-order valence-corrected chi connectivity index (χ0v) is 16.7. The summed E-state index contributed by atoms with van der Waals surface area (Å²) in [6.07, 6.45) is 0. The summed E-state index contributed by atoms with van der Waals surface area (Å²) in [5.41, 5.74) is -0.234. The number of rotatable bonds is 4. The fraction of sp³-hybridized carbons (Fsp3) is 0.368. The Balaban J connectivity index is 2.21. The highest BCUT2D eigenvalue weighted by molar-refractivity contribution is 6.31. The summed E-state index contributed by atoms with van der Waals surface area (Å²) in [5.74, 6) is 0. The molecule has 1 aliphatic heterocycles. The first-order valence-corrected chi connectivity index (χ1v) is 9.43. The molecular formula is C19H19Cl2N3O4. The summed E-state index contributed by atoms with van der Waals surface area (Å²) < 4.78 is 0. The van der Waals surface area contributed by atoms with E-state index in [9.17, 15) is 20.2 Å². The van der Waals surface area contributed by atoms with Crippen LogP contribution < -0.4 is 5.32 Å². The van der Waals surface area contributed by atoms with Crippen molar-refractivity contribution < 1.29 is 9.85 Å². The SMILES string of the molecule is CC1(C)[C@@H]([N+](=O)[O-])[C@@H](c2ccccc2Cl)N[C@@H](c2ccccc2Cl)[C@H]1[N+](=O)[O-]. The Bertz CT molecular complexity index is 850. The van der Waals surface area contributed by atoms with Crippen LogP contribution >= 0.6 is 23.2 Å². The van der Waals surface area contributed by atoms with Crippen molar-refractivity contribution in [1.29, 1.82) is 0 Å². The highest BCUT2D eigenvalue weighted by atomic mass is 35.5. The quantitative estimate of drug-likeness (QED) is 0.567. The summed E-state index contributed by atoms with van der Waals surface area (Å²) in [5, 5.41) is 27.9. The summed E-state index contributed by atoms with van der Waals surface area (Å²) >= 11 is 12.6. The molecule has 0 spiro atoms. The second kappa shape index (κ2) is 7.66. The predicted molar refractivity (Wildman–Crippen MR) is 107 cm³/mol. The Morgan fingerprint density at radius 2 is 1.18 bits per heavy atom. The number of hydrogen-bond acceptors (Lipinski definition) is 5. The smallest absolute Gasteiger partial charge is 0.244 e. The fourth-order valence-corrected chi connectivity index (χ4v) is 4.68. The van der Waals surface area contributed by atoms with Crippen molar-refractivity contribution in [1.82, 2.24) is 5.32 Å². The van der Waals surface area contributed by atoms with Gasteiger partial charge in [-0.1, -0.05) is 59.6 Å². The minimum Gasteiger partial charge on any atom is -0.291 e.